The van der Waals surface area contributed by atoms with Gasteiger partial charge in [0, 0.05) is 13.0 Å². The smallest absolute Gasteiger partial charge is 0.392 e. The quantitative estimate of drug-likeness (QED) is 0.549. The highest BCUT2D eigenvalue weighted by molar-refractivity contribution is 5.85. The van der Waals surface area contributed by atoms with Crippen molar-refractivity contribution in [1.82, 2.24) is 9.55 Å². The number of hydrogen-bond acceptors (Lipinski definition) is 5. The zero-order valence-electron chi connectivity index (χ0n) is 7.94. The van der Waals surface area contributed by atoms with Crippen molar-refractivity contribution in [2.75, 3.05) is 6.54 Å². The number of aliphatic hydroxyl groups excluding tert-OH is 1. The van der Waals surface area contributed by atoms with E-state index in [0.717, 1.165) is 0 Å². The molecule has 86 valence electrons. The summed E-state index contributed by atoms with van der Waals surface area (Å²) >= 11 is 0. The molecule has 1 aromatic rings. The number of rotatable bonds is 5. The summed E-state index contributed by atoms with van der Waals surface area (Å²) in [6, 6.07) is 0. The van der Waals surface area contributed by atoms with Gasteiger partial charge >= 0.3 is 5.95 Å². The summed E-state index contributed by atoms with van der Waals surface area (Å²) < 4.78 is 1.37. The summed E-state index contributed by atoms with van der Waals surface area (Å²) in [5.74, 6) is -0.214. The molecule has 15 heavy (non-hydrogen) atoms. The van der Waals surface area contributed by atoms with Crippen LogP contribution in [-0.4, -0.2) is 32.2 Å². The Morgan fingerprint density at radius 2 is 2.40 bits per heavy atom. The highest BCUT2D eigenvalue weighted by Gasteiger charge is 2.14. The summed E-state index contributed by atoms with van der Waals surface area (Å²) in [6.07, 6.45) is 2.61. The lowest BCUT2D eigenvalue weighted by Gasteiger charge is -2.06. The van der Waals surface area contributed by atoms with Gasteiger partial charge in [0.1, 0.15) is 12.4 Å². The first kappa shape index (κ1) is 13.8. The molecule has 0 saturated carbocycles. The molecular weight excluding hydrogens is 224 g/mol. The van der Waals surface area contributed by atoms with Gasteiger partial charge in [0.25, 0.3) is 0 Å². The SMILES string of the molecule is Cl.NCC(O)CCn1ccnc1[N+](=O)[O-]. The fraction of sp³-hybridized carbons (Fsp3) is 0.571. The number of nitrogens with zero attached hydrogens (tertiary/aromatic N) is 3. The second kappa shape index (κ2) is 6.33. The van der Waals surface area contributed by atoms with E-state index in [9.17, 15) is 10.1 Å². The highest BCUT2D eigenvalue weighted by atomic mass is 35.5. The summed E-state index contributed by atoms with van der Waals surface area (Å²) in [6.45, 7) is 0.497. The molecule has 0 saturated heterocycles. The van der Waals surface area contributed by atoms with Crippen LogP contribution in [0.2, 0.25) is 0 Å². The Morgan fingerprint density at radius 3 is 2.93 bits per heavy atom. The second-order valence-electron chi connectivity index (χ2n) is 2.86. The van der Waals surface area contributed by atoms with Crippen LogP contribution in [0.1, 0.15) is 6.42 Å². The summed E-state index contributed by atoms with van der Waals surface area (Å²) in [5, 5.41) is 19.6. The van der Waals surface area contributed by atoms with Crippen LogP contribution in [0.25, 0.3) is 0 Å². The highest BCUT2D eigenvalue weighted by Crippen LogP contribution is 2.08. The van der Waals surface area contributed by atoms with Gasteiger partial charge in [-0.25, -0.2) is 4.57 Å². The molecule has 0 bridgehead atoms. The van der Waals surface area contributed by atoms with Gasteiger partial charge in [-0.1, -0.05) is 4.98 Å². The predicted molar refractivity (Wildman–Crippen MR) is 55.8 cm³/mol. The van der Waals surface area contributed by atoms with Crippen LogP contribution in [0.3, 0.4) is 0 Å². The molecule has 1 rings (SSSR count). The molecule has 3 N–H and O–H groups in total. The number of nitro groups is 1. The molecule has 0 aliphatic heterocycles. The minimum Gasteiger partial charge on any atom is -0.392 e. The van der Waals surface area contributed by atoms with Gasteiger partial charge in [0.2, 0.25) is 0 Å². The standard InChI is InChI=1S/C7H12N4O3.ClH/c8-5-6(12)1-3-10-4-2-9-7(10)11(13)14;/h2,4,6,12H,1,3,5,8H2;1H. The van der Waals surface area contributed by atoms with E-state index < -0.39 is 11.0 Å². The lowest BCUT2D eigenvalue weighted by molar-refractivity contribution is -0.396. The van der Waals surface area contributed by atoms with E-state index >= 15 is 0 Å². The molecule has 0 radical (unpaired) electrons. The minimum atomic E-state index is -0.628. The van der Waals surface area contributed by atoms with Crippen LogP contribution in [0, 0.1) is 10.1 Å². The number of aryl methyl sites for hydroxylation is 1. The van der Waals surface area contributed by atoms with E-state index in [-0.39, 0.29) is 24.9 Å². The van der Waals surface area contributed by atoms with Gasteiger partial charge in [-0.15, -0.1) is 12.4 Å². The predicted octanol–water partition coefficient (Wildman–Crippen LogP) is -0.0772. The van der Waals surface area contributed by atoms with Crippen molar-refractivity contribution in [2.45, 2.75) is 19.1 Å². The van der Waals surface area contributed by atoms with E-state index in [1.807, 2.05) is 0 Å². The molecule has 7 nitrogen and oxygen atoms in total. The fourth-order valence-electron chi connectivity index (χ4n) is 1.05. The molecule has 0 aliphatic rings. The van der Waals surface area contributed by atoms with Gasteiger partial charge in [0.05, 0.1) is 12.6 Å². The van der Waals surface area contributed by atoms with Crippen molar-refractivity contribution in [3.63, 3.8) is 0 Å². The molecule has 0 fully saturated rings. The fourth-order valence-corrected chi connectivity index (χ4v) is 1.05. The first-order valence-electron chi connectivity index (χ1n) is 4.18. The van der Waals surface area contributed by atoms with Crippen LogP contribution in [0.15, 0.2) is 12.4 Å². The number of nitrogens with two attached hydrogens (primary N) is 1. The Balaban J connectivity index is 0.00000196. The molecule has 1 unspecified atom stereocenters. The van der Waals surface area contributed by atoms with E-state index in [2.05, 4.69) is 4.98 Å². The average molecular weight is 237 g/mol. The zero-order chi connectivity index (χ0) is 10.6. The van der Waals surface area contributed by atoms with Crippen molar-refractivity contribution in [1.29, 1.82) is 0 Å². The van der Waals surface area contributed by atoms with Gasteiger partial charge in [-0.2, -0.15) is 0 Å². The van der Waals surface area contributed by atoms with E-state index in [1.165, 1.54) is 17.0 Å². The van der Waals surface area contributed by atoms with Gasteiger partial charge in [0.15, 0.2) is 0 Å². The first-order valence-corrected chi connectivity index (χ1v) is 4.18. The molecule has 1 aromatic heterocycles. The lowest BCUT2D eigenvalue weighted by Crippen LogP contribution is -2.21. The summed E-state index contributed by atoms with van der Waals surface area (Å²) in [7, 11) is 0. The Labute approximate surface area is 92.5 Å². The molecule has 8 heteroatoms. The summed E-state index contributed by atoms with van der Waals surface area (Å²) in [4.78, 5) is 13.4. The number of aliphatic hydroxyl groups is 1. The van der Waals surface area contributed by atoms with Crippen LogP contribution in [-0.2, 0) is 6.54 Å². The van der Waals surface area contributed by atoms with E-state index in [1.54, 1.807) is 0 Å². The maximum atomic E-state index is 10.4. The molecule has 0 amide bonds. The zero-order valence-corrected chi connectivity index (χ0v) is 8.76. The Morgan fingerprint density at radius 1 is 1.73 bits per heavy atom. The third-order valence-corrected chi connectivity index (χ3v) is 1.83. The summed E-state index contributed by atoms with van der Waals surface area (Å²) in [5.41, 5.74) is 5.20. The van der Waals surface area contributed by atoms with Gasteiger partial charge < -0.3 is 21.0 Å². The molecular formula is C7H13ClN4O3. The maximum Gasteiger partial charge on any atom is 0.434 e. The molecule has 1 heterocycles. The van der Waals surface area contributed by atoms with E-state index in [0.29, 0.717) is 13.0 Å². The molecule has 0 aromatic carbocycles. The van der Waals surface area contributed by atoms with E-state index in [4.69, 9.17) is 10.8 Å². The second-order valence-corrected chi connectivity index (χ2v) is 2.86. The van der Waals surface area contributed by atoms with Gasteiger partial charge in [-0.05, 0) is 4.92 Å². The van der Waals surface area contributed by atoms with Crippen LogP contribution >= 0.6 is 12.4 Å². The number of imidazole rings is 1. The van der Waals surface area contributed by atoms with Crippen molar-refractivity contribution in [3.8, 4) is 0 Å². The third-order valence-electron chi connectivity index (χ3n) is 1.83. The largest absolute Gasteiger partial charge is 0.434 e. The Kier molecular flexibility index (Phi) is 5.83. The minimum absolute atomic E-state index is 0. The van der Waals surface area contributed by atoms with Crippen molar-refractivity contribution in [3.05, 3.63) is 22.5 Å². The van der Waals surface area contributed by atoms with Crippen LogP contribution in [0.5, 0.6) is 0 Å². The van der Waals surface area contributed by atoms with Gasteiger partial charge in [-0.3, -0.25) is 0 Å². The lowest BCUT2D eigenvalue weighted by atomic mass is 10.2. The maximum absolute atomic E-state index is 10.4. The molecule has 0 spiro atoms. The molecule has 1 atom stereocenters. The first-order chi connectivity index (χ1) is 6.65. The van der Waals surface area contributed by atoms with Crippen molar-refractivity contribution < 1.29 is 10.0 Å². The number of aromatic nitrogens is 2. The normalized spacial score (nSPS) is 11.9. The van der Waals surface area contributed by atoms with Crippen molar-refractivity contribution >= 4 is 18.4 Å². The van der Waals surface area contributed by atoms with Crippen LogP contribution in [0.4, 0.5) is 5.95 Å². The average Bonchev–Trinajstić information content (AvgIpc) is 2.62. The number of hydrogen-bond donors (Lipinski definition) is 2. The topological polar surface area (TPSA) is 107 Å². The van der Waals surface area contributed by atoms with Crippen molar-refractivity contribution in [2.24, 2.45) is 5.73 Å². The van der Waals surface area contributed by atoms with Crippen LogP contribution < -0.4 is 5.73 Å². The Hall–Kier alpha value is -1.18. The molecule has 0 aliphatic carbocycles. The Bertz CT molecular complexity index is 317. The number of halogens is 1. The third kappa shape index (κ3) is 3.82. The monoisotopic (exact) mass is 236 g/mol.